The van der Waals surface area contributed by atoms with Crippen molar-refractivity contribution in [1.82, 2.24) is 10.3 Å². The predicted molar refractivity (Wildman–Crippen MR) is 87.5 cm³/mol. The summed E-state index contributed by atoms with van der Waals surface area (Å²) in [4.78, 5) is 15.7. The Labute approximate surface area is 129 Å². The fraction of sp³-hybridized carbons (Fsp3) is 0.211. The van der Waals surface area contributed by atoms with Gasteiger partial charge in [-0.15, -0.1) is 0 Å². The highest BCUT2D eigenvalue weighted by molar-refractivity contribution is 5.89. The molecule has 0 bridgehead atoms. The zero-order valence-corrected chi connectivity index (χ0v) is 12.3. The Morgan fingerprint density at radius 1 is 1.05 bits per heavy atom. The fourth-order valence-corrected chi connectivity index (χ4v) is 3.13. The van der Waals surface area contributed by atoms with Gasteiger partial charge in [-0.2, -0.15) is 0 Å². The van der Waals surface area contributed by atoms with Gasteiger partial charge in [-0.25, -0.2) is 0 Å². The van der Waals surface area contributed by atoms with Crippen molar-refractivity contribution in [3.63, 3.8) is 0 Å². The van der Waals surface area contributed by atoms with Crippen LogP contribution in [0.2, 0.25) is 0 Å². The van der Waals surface area contributed by atoms with Crippen molar-refractivity contribution in [1.29, 1.82) is 0 Å². The summed E-state index contributed by atoms with van der Waals surface area (Å²) in [5.74, 6) is 0.0890. The molecule has 1 aliphatic rings. The molecule has 1 aromatic heterocycles. The number of fused-ring (bicyclic) bond motifs is 1. The van der Waals surface area contributed by atoms with Crippen LogP contribution < -0.4 is 5.32 Å². The van der Waals surface area contributed by atoms with Gasteiger partial charge in [0, 0.05) is 17.1 Å². The summed E-state index contributed by atoms with van der Waals surface area (Å²) in [7, 11) is 0. The number of aromatic amines is 1. The molecular formula is C19H18N2O. The van der Waals surface area contributed by atoms with Crippen LogP contribution in [0.15, 0.2) is 60.8 Å². The van der Waals surface area contributed by atoms with Crippen LogP contribution in [0.3, 0.4) is 0 Å². The van der Waals surface area contributed by atoms with Crippen LogP contribution in [-0.4, -0.2) is 10.9 Å². The third kappa shape index (κ3) is 2.29. The van der Waals surface area contributed by atoms with E-state index in [1.807, 2.05) is 42.6 Å². The number of carbonyl (C=O) groups is 1. The summed E-state index contributed by atoms with van der Waals surface area (Å²) < 4.78 is 0. The number of aromatic nitrogens is 1. The molecular weight excluding hydrogens is 272 g/mol. The van der Waals surface area contributed by atoms with E-state index in [4.69, 9.17) is 0 Å². The van der Waals surface area contributed by atoms with Crippen molar-refractivity contribution in [2.75, 3.05) is 0 Å². The number of amides is 1. The maximum absolute atomic E-state index is 12.5. The molecule has 110 valence electrons. The number of nitrogens with one attached hydrogen (secondary N) is 2. The Balaban J connectivity index is 1.52. The topological polar surface area (TPSA) is 44.9 Å². The number of benzene rings is 2. The van der Waals surface area contributed by atoms with Crippen LogP contribution in [0.4, 0.5) is 0 Å². The number of rotatable bonds is 4. The van der Waals surface area contributed by atoms with Gasteiger partial charge in [0.05, 0.1) is 12.0 Å². The average Bonchev–Trinajstić information content (AvgIpc) is 3.23. The Bertz CT molecular complexity index is 816. The van der Waals surface area contributed by atoms with Crippen molar-refractivity contribution >= 4 is 16.8 Å². The molecule has 0 unspecified atom stereocenters. The Morgan fingerprint density at radius 2 is 1.77 bits per heavy atom. The zero-order chi connectivity index (χ0) is 15.0. The summed E-state index contributed by atoms with van der Waals surface area (Å²) in [5.41, 5.74) is 3.21. The van der Waals surface area contributed by atoms with Gasteiger partial charge < -0.3 is 10.3 Å². The Hall–Kier alpha value is -2.55. The normalized spacial score (nSPS) is 15.6. The van der Waals surface area contributed by atoms with Crippen molar-refractivity contribution in [3.05, 3.63) is 71.9 Å². The number of carbonyl (C=O) groups excluding carboxylic acids is 1. The van der Waals surface area contributed by atoms with Gasteiger partial charge in [-0.3, -0.25) is 4.79 Å². The third-order valence-electron chi connectivity index (χ3n) is 4.48. The number of H-pyrrole nitrogens is 1. The maximum Gasteiger partial charge on any atom is 0.225 e. The van der Waals surface area contributed by atoms with Crippen molar-refractivity contribution in [3.8, 4) is 0 Å². The van der Waals surface area contributed by atoms with E-state index in [1.54, 1.807) is 0 Å². The largest absolute Gasteiger partial charge is 0.361 e. The number of hydrogen-bond acceptors (Lipinski definition) is 1. The Morgan fingerprint density at radius 3 is 2.55 bits per heavy atom. The zero-order valence-electron chi connectivity index (χ0n) is 12.3. The highest BCUT2D eigenvalue weighted by Crippen LogP contribution is 2.45. The first-order valence-electron chi connectivity index (χ1n) is 7.68. The quantitative estimate of drug-likeness (QED) is 0.758. The second kappa shape index (κ2) is 5.02. The van der Waals surface area contributed by atoms with E-state index < -0.39 is 0 Å². The van der Waals surface area contributed by atoms with E-state index in [2.05, 4.69) is 28.5 Å². The summed E-state index contributed by atoms with van der Waals surface area (Å²) in [6.45, 7) is 0. The van der Waals surface area contributed by atoms with Crippen molar-refractivity contribution < 1.29 is 4.79 Å². The van der Waals surface area contributed by atoms with Gasteiger partial charge >= 0.3 is 0 Å². The van der Waals surface area contributed by atoms with Gasteiger partial charge in [0.1, 0.15) is 0 Å². The predicted octanol–water partition coefficient (Wildman–Crippen LogP) is 3.52. The smallest absolute Gasteiger partial charge is 0.225 e. The van der Waals surface area contributed by atoms with Crippen LogP contribution >= 0.6 is 0 Å². The molecule has 3 aromatic rings. The van der Waals surface area contributed by atoms with Crippen LogP contribution in [0, 0.1) is 0 Å². The van der Waals surface area contributed by atoms with E-state index in [-0.39, 0.29) is 11.4 Å². The molecule has 0 spiro atoms. The average molecular weight is 290 g/mol. The molecule has 22 heavy (non-hydrogen) atoms. The van der Waals surface area contributed by atoms with Gasteiger partial charge in [0.2, 0.25) is 5.91 Å². The summed E-state index contributed by atoms with van der Waals surface area (Å²) in [6.07, 6.45) is 4.40. The molecule has 3 heteroatoms. The minimum absolute atomic E-state index is 0.0890. The van der Waals surface area contributed by atoms with E-state index >= 15 is 0 Å². The van der Waals surface area contributed by atoms with E-state index in [0.717, 1.165) is 29.3 Å². The molecule has 1 fully saturated rings. The lowest BCUT2D eigenvalue weighted by atomic mass is 10.0. The molecule has 3 nitrogen and oxygen atoms in total. The lowest BCUT2D eigenvalue weighted by Gasteiger charge is -2.17. The lowest BCUT2D eigenvalue weighted by Crippen LogP contribution is -2.35. The third-order valence-corrected chi connectivity index (χ3v) is 4.48. The second-order valence-corrected chi connectivity index (χ2v) is 6.03. The first-order chi connectivity index (χ1) is 10.8. The highest BCUT2D eigenvalue weighted by Gasteiger charge is 2.45. The molecule has 1 amide bonds. The molecule has 1 saturated carbocycles. The number of para-hydroxylation sites is 1. The molecule has 4 rings (SSSR count). The molecule has 0 saturated heterocycles. The monoisotopic (exact) mass is 290 g/mol. The van der Waals surface area contributed by atoms with Crippen LogP contribution in [-0.2, 0) is 16.8 Å². The SMILES string of the molecule is O=C(Cc1c[nH]c2ccccc12)NC1(c2ccccc2)CC1. The van der Waals surface area contributed by atoms with Crippen LogP contribution in [0.25, 0.3) is 10.9 Å². The molecule has 0 radical (unpaired) electrons. The van der Waals surface area contributed by atoms with Gasteiger partial charge in [-0.1, -0.05) is 48.5 Å². The van der Waals surface area contributed by atoms with E-state index in [0.29, 0.717) is 6.42 Å². The van der Waals surface area contributed by atoms with Crippen LogP contribution in [0.1, 0.15) is 24.0 Å². The highest BCUT2D eigenvalue weighted by atomic mass is 16.1. The fourth-order valence-electron chi connectivity index (χ4n) is 3.13. The van der Waals surface area contributed by atoms with E-state index in [1.165, 1.54) is 5.56 Å². The minimum Gasteiger partial charge on any atom is -0.361 e. The molecule has 2 aromatic carbocycles. The van der Waals surface area contributed by atoms with Gasteiger partial charge in [0.25, 0.3) is 0 Å². The second-order valence-electron chi connectivity index (χ2n) is 6.03. The Kier molecular flexibility index (Phi) is 3.00. The molecule has 1 heterocycles. The maximum atomic E-state index is 12.5. The van der Waals surface area contributed by atoms with Crippen molar-refractivity contribution in [2.24, 2.45) is 0 Å². The van der Waals surface area contributed by atoms with Gasteiger partial charge in [0.15, 0.2) is 0 Å². The van der Waals surface area contributed by atoms with Crippen LogP contribution in [0.5, 0.6) is 0 Å². The lowest BCUT2D eigenvalue weighted by molar-refractivity contribution is -0.121. The summed E-state index contributed by atoms with van der Waals surface area (Å²) >= 11 is 0. The minimum atomic E-state index is -0.134. The summed E-state index contributed by atoms with van der Waals surface area (Å²) in [6, 6.07) is 18.3. The first-order valence-corrected chi connectivity index (χ1v) is 7.68. The first kappa shape index (κ1) is 13.1. The molecule has 1 aliphatic carbocycles. The number of hydrogen-bond donors (Lipinski definition) is 2. The van der Waals surface area contributed by atoms with Gasteiger partial charge in [-0.05, 0) is 30.0 Å². The summed E-state index contributed by atoms with van der Waals surface area (Å²) in [5, 5.41) is 4.36. The van der Waals surface area contributed by atoms with Crippen molar-refractivity contribution in [2.45, 2.75) is 24.8 Å². The molecule has 2 N–H and O–H groups in total. The molecule has 0 aliphatic heterocycles. The van der Waals surface area contributed by atoms with E-state index in [9.17, 15) is 4.79 Å². The molecule has 0 atom stereocenters. The standard InChI is InChI=1S/C19H18N2O/c22-18(12-14-13-20-17-9-5-4-8-16(14)17)21-19(10-11-19)15-6-2-1-3-7-15/h1-9,13,20H,10-12H2,(H,21,22).